The first-order chi connectivity index (χ1) is 6.77. The highest BCUT2D eigenvalue weighted by molar-refractivity contribution is 5.36. The van der Waals surface area contributed by atoms with Crippen LogP contribution in [0.3, 0.4) is 0 Å². The van der Waals surface area contributed by atoms with E-state index in [1.165, 1.54) is 7.11 Å². The molecule has 0 aromatic carbocycles. The molecular weight excluding hydrogens is 178 g/mol. The van der Waals surface area contributed by atoms with E-state index in [9.17, 15) is 0 Å². The highest BCUT2D eigenvalue weighted by Gasteiger charge is 2.00. The molecule has 0 aliphatic rings. The Hall–Kier alpha value is -1.60. The molecular formula is C10H13N3O. The van der Waals surface area contributed by atoms with E-state index in [2.05, 4.69) is 21.8 Å². The molecule has 1 heterocycles. The zero-order valence-electron chi connectivity index (χ0n) is 8.32. The van der Waals surface area contributed by atoms with Gasteiger partial charge in [-0.15, -0.1) is 0 Å². The molecule has 0 aliphatic carbocycles. The van der Waals surface area contributed by atoms with Crippen LogP contribution in [0.5, 0.6) is 5.88 Å². The zero-order valence-corrected chi connectivity index (χ0v) is 8.32. The van der Waals surface area contributed by atoms with Gasteiger partial charge in [0, 0.05) is 12.4 Å². The number of rotatable bonds is 2. The summed E-state index contributed by atoms with van der Waals surface area (Å²) in [5, 5.41) is 0. The largest absolute Gasteiger partial charge is 0.479 e. The summed E-state index contributed by atoms with van der Waals surface area (Å²) >= 11 is 0. The second-order valence-corrected chi connectivity index (χ2v) is 2.70. The Morgan fingerprint density at radius 1 is 1.50 bits per heavy atom. The minimum absolute atomic E-state index is 0.123. The van der Waals surface area contributed by atoms with Crippen LogP contribution < -0.4 is 10.5 Å². The molecule has 1 rings (SSSR count). The fourth-order valence-corrected chi connectivity index (χ4v) is 0.824. The molecule has 14 heavy (non-hydrogen) atoms. The van der Waals surface area contributed by atoms with E-state index in [0.29, 0.717) is 11.6 Å². The molecule has 1 aromatic rings. The van der Waals surface area contributed by atoms with Gasteiger partial charge in [-0.1, -0.05) is 12.8 Å². The Bertz CT molecular complexity index is 354. The maximum atomic E-state index is 5.65. The topological polar surface area (TPSA) is 61.0 Å². The Kier molecular flexibility index (Phi) is 3.89. The van der Waals surface area contributed by atoms with Crippen LogP contribution in [0.15, 0.2) is 12.4 Å². The quantitative estimate of drug-likeness (QED) is 0.694. The van der Waals surface area contributed by atoms with Crippen LogP contribution in [0.1, 0.15) is 19.0 Å². The van der Waals surface area contributed by atoms with Crippen molar-refractivity contribution in [2.45, 2.75) is 19.4 Å². The maximum absolute atomic E-state index is 5.65. The monoisotopic (exact) mass is 191 g/mol. The Balaban J connectivity index is 2.88. The molecule has 0 aliphatic heterocycles. The predicted molar refractivity (Wildman–Crippen MR) is 53.7 cm³/mol. The molecule has 2 N–H and O–H groups in total. The molecule has 4 nitrogen and oxygen atoms in total. The van der Waals surface area contributed by atoms with Crippen molar-refractivity contribution in [1.82, 2.24) is 9.97 Å². The van der Waals surface area contributed by atoms with E-state index in [1.54, 1.807) is 12.4 Å². The van der Waals surface area contributed by atoms with Gasteiger partial charge in [0.25, 0.3) is 0 Å². The van der Waals surface area contributed by atoms with Crippen LogP contribution in [0.25, 0.3) is 0 Å². The summed E-state index contributed by atoms with van der Waals surface area (Å²) < 4.78 is 4.99. The Morgan fingerprint density at radius 2 is 2.21 bits per heavy atom. The number of ether oxygens (including phenoxy) is 1. The standard InChI is InChI=1S/C10H13N3O/c1-3-8(11)4-5-9-10(14-2)13-7-6-12-9/h6-8H,3,11H2,1-2H3. The van der Waals surface area contributed by atoms with Crippen LogP contribution in [0, 0.1) is 11.8 Å². The second kappa shape index (κ2) is 5.20. The minimum atomic E-state index is -0.123. The van der Waals surface area contributed by atoms with Crippen molar-refractivity contribution in [2.75, 3.05) is 7.11 Å². The normalized spacial score (nSPS) is 11.4. The van der Waals surface area contributed by atoms with Gasteiger partial charge in [0.1, 0.15) is 0 Å². The molecule has 0 saturated carbocycles. The molecule has 0 amide bonds. The highest BCUT2D eigenvalue weighted by Crippen LogP contribution is 2.07. The third-order valence-corrected chi connectivity index (χ3v) is 1.67. The van der Waals surface area contributed by atoms with E-state index in [4.69, 9.17) is 10.5 Å². The van der Waals surface area contributed by atoms with Crippen LogP contribution in [-0.4, -0.2) is 23.1 Å². The number of hydrogen-bond donors (Lipinski definition) is 1. The van der Waals surface area contributed by atoms with Gasteiger partial charge in [-0.25, -0.2) is 9.97 Å². The summed E-state index contributed by atoms with van der Waals surface area (Å²) in [5.74, 6) is 6.14. The maximum Gasteiger partial charge on any atom is 0.248 e. The number of hydrogen-bond acceptors (Lipinski definition) is 4. The summed E-state index contributed by atoms with van der Waals surface area (Å²) in [6, 6.07) is -0.123. The summed E-state index contributed by atoms with van der Waals surface area (Å²) in [5.41, 5.74) is 6.18. The van der Waals surface area contributed by atoms with E-state index in [1.807, 2.05) is 6.92 Å². The lowest BCUT2D eigenvalue weighted by atomic mass is 10.2. The lowest BCUT2D eigenvalue weighted by Crippen LogP contribution is -2.15. The third kappa shape index (κ3) is 2.71. The van der Waals surface area contributed by atoms with Crippen molar-refractivity contribution in [3.8, 4) is 17.7 Å². The molecule has 1 atom stereocenters. The Morgan fingerprint density at radius 3 is 2.86 bits per heavy atom. The number of aromatic nitrogens is 2. The summed E-state index contributed by atoms with van der Waals surface area (Å²) in [7, 11) is 1.54. The third-order valence-electron chi connectivity index (χ3n) is 1.67. The lowest BCUT2D eigenvalue weighted by Gasteiger charge is -1.99. The number of nitrogens with zero attached hydrogens (tertiary/aromatic N) is 2. The second-order valence-electron chi connectivity index (χ2n) is 2.70. The van der Waals surface area contributed by atoms with E-state index in [-0.39, 0.29) is 6.04 Å². The van der Waals surface area contributed by atoms with Crippen LogP contribution in [-0.2, 0) is 0 Å². The average molecular weight is 191 g/mol. The zero-order chi connectivity index (χ0) is 10.4. The first-order valence-electron chi connectivity index (χ1n) is 4.40. The Labute approximate surface area is 83.5 Å². The minimum Gasteiger partial charge on any atom is -0.479 e. The van der Waals surface area contributed by atoms with E-state index in [0.717, 1.165) is 6.42 Å². The van der Waals surface area contributed by atoms with Crippen molar-refractivity contribution < 1.29 is 4.74 Å². The van der Waals surface area contributed by atoms with Gasteiger partial charge < -0.3 is 10.5 Å². The SMILES string of the molecule is CCC(N)C#Cc1nccnc1OC. The van der Waals surface area contributed by atoms with Gasteiger partial charge in [0.2, 0.25) is 5.88 Å². The van der Waals surface area contributed by atoms with Crippen LogP contribution in [0.2, 0.25) is 0 Å². The van der Waals surface area contributed by atoms with Crippen LogP contribution >= 0.6 is 0 Å². The van der Waals surface area contributed by atoms with Gasteiger partial charge in [0.15, 0.2) is 5.69 Å². The highest BCUT2D eigenvalue weighted by atomic mass is 16.5. The molecule has 74 valence electrons. The molecule has 0 saturated heterocycles. The average Bonchev–Trinajstić information content (AvgIpc) is 2.26. The van der Waals surface area contributed by atoms with Gasteiger partial charge in [-0.2, -0.15) is 0 Å². The van der Waals surface area contributed by atoms with Gasteiger partial charge >= 0.3 is 0 Å². The van der Waals surface area contributed by atoms with Gasteiger partial charge in [-0.3, -0.25) is 0 Å². The van der Waals surface area contributed by atoms with Crippen molar-refractivity contribution in [1.29, 1.82) is 0 Å². The predicted octanol–water partition coefficient (Wildman–Crippen LogP) is 0.574. The van der Waals surface area contributed by atoms with Crippen molar-refractivity contribution in [3.05, 3.63) is 18.1 Å². The fraction of sp³-hybridized carbons (Fsp3) is 0.400. The van der Waals surface area contributed by atoms with Gasteiger partial charge in [0.05, 0.1) is 13.2 Å². The summed E-state index contributed by atoms with van der Waals surface area (Å²) in [6.45, 7) is 1.98. The molecule has 1 unspecified atom stereocenters. The molecule has 4 heteroatoms. The molecule has 1 aromatic heterocycles. The van der Waals surface area contributed by atoms with Crippen molar-refractivity contribution in [2.24, 2.45) is 5.73 Å². The fourth-order valence-electron chi connectivity index (χ4n) is 0.824. The van der Waals surface area contributed by atoms with Crippen LogP contribution in [0.4, 0.5) is 0 Å². The number of nitrogens with two attached hydrogens (primary N) is 1. The summed E-state index contributed by atoms with van der Waals surface area (Å²) in [6.07, 6.45) is 3.95. The first-order valence-corrected chi connectivity index (χ1v) is 4.40. The molecule has 0 fully saturated rings. The van der Waals surface area contributed by atoms with Crippen molar-refractivity contribution in [3.63, 3.8) is 0 Å². The smallest absolute Gasteiger partial charge is 0.248 e. The summed E-state index contributed by atoms with van der Waals surface area (Å²) in [4.78, 5) is 8.01. The first kappa shape index (κ1) is 10.5. The van der Waals surface area contributed by atoms with Gasteiger partial charge in [-0.05, 0) is 12.3 Å². The van der Waals surface area contributed by atoms with E-state index >= 15 is 0 Å². The molecule has 0 radical (unpaired) electrons. The van der Waals surface area contributed by atoms with Crippen molar-refractivity contribution >= 4 is 0 Å². The lowest BCUT2D eigenvalue weighted by molar-refractivity contribution is 0.394. The molecule has 0 bridgehead atoms. The molecule has 0 spiro atoms. The number of methoxy groups -OCH3 is 1. The van der Waals surface area contributed by atoms with E-state index < -0.39 is 0 Å².